The number of nitrogens with two attached hydrogens (primary N) is 1. The molecular weight excluding hydrogens is 416 g/mol. The van der Waals surface area contributed by atoms with Crippen molar-refractivity contribution in [2.75, 3.05) is 0 Å². The summed E-state index contributed by atoms with van der Waals surface area (Å²) in [6.07, 6.45) is 3.87. The number of hydrogen-bond acceptors (Lipinski definition) is 3. The predicted molar refractivity (Wildman–Crippen MR) is 107 cm³/mol. The molecule has 30 heavy (non-hydrogen) atoms. The van der Waals surface area contributed by atoms with Crippen LogP contribution in [-0.2, 0) is 9.59 Å². The highest BCUT2D eigenvalue weighted by Crippen LogP contribution is 2.53. The third kappa shape index (κ3) is 4.74. The predicted octanol–water partition coefficient (Wildman–Crippen LogP) is 3.82. The highest BCUT2D eigenvalue weighted by Gasteiger charge is 2.45. The van der Waals surface area contributed by atoms with Gasteiger partial charge < -0.3 is 11.1 Å². The van der Waals surface area contributed by atoms with Crippen LogP contribution in [0.15, 0.2) is 12.1 Å². The van der Waals surface area contributed by atoms with E-state index in [-0.39, 0.29) is 28.8 Å². The molecule has 6 nitrogen and oxygen atoms in total. The molecule has 2 aliphatic rings. The average Bonchev–Trinajstić information content (AvgIpc) is 3.31. The van der Waals surface area contributed by atoms with E-state index in [0.717, 1.165) is 37.8 Å². The van der Waals surface area contributed by atoms with Gasteiger partial charge in [-0.25, -0.2) is 13.6 Å². The number of benzene rings is 1. The number of fused-ring (bicyclic) bond motifs is 2. The molecule has 1 aromatic carbocycles. The number of urea groups is 1. The Morgan fingerprint density at radius 3 is 2.53 bits per heavy atom. The minimum atomic E-state index is -1.00. The zero-order valence-electron chi connectivity index (χ0n) is 16.7. The Bertz CT molecular complexity index is 851. The maximum absolute atomic E-state index is 14.9. The summed E-state index contributed by atoms with van der Waals surface area (Å²) < 4.78 is 29.6. The van der Waals surface area contributed by atoms with Crippen LogP contribution in [0.5, 0.6) is 0 Å². The van der Waals surface area contributed by atoms with Crippen LogP contribution in [0.25, 0.3) is 0 Å². The second-order valence-electron chi connectivity index (χ2n) is 8.30. The van der Waals surface area contributed by atoms with Crippen LogP contribution in [0, 0.1) is 35.3 Å². The van der Waals surface area contributed by atoms with Crippen molar-refractivity contribution in [2.45, 2.75) is 51.5 Å². The van der Waals surface area contributed by atoms with Crippen LogP contribution in [0.1, 0.15) is 57.1 Å². The molecule has 0 heterocycles. The lowest BCUT2D eigenvalue weighted by molar-refractivity contribution is -0.131. The fourth-order valence-corrected chi connectivity index (χ4v) is 5.19. The third-order valence-electron chi connectivity index (χ3n) is 6.47. The lowest BCUT2D eigenvalue weighted by Gasteiger charge is -2.33. The molecule has 2 bridgehead atoms. The quantitative estimate of drug-likeness (QED) is 0.560. The molecule has 4 N–H and O–H groups in total. The number of halogens is 3. The normalized spacial score (nSPS) is 24.3. The summed E-state index contributed by atoms with van der Waals surface area (Å²) in [5.74, 6) is -2.91. The SMILES string of the molecule is CCC(CC(=O)NC(N)=O)C(=O)NC(c1c(F)ccc(Cl)c1F)C1CC2CCC1C2. The molecule has 164 valence electrons. The third-order valence-corrected chi connectivity index (χ3v) is 6.76. The summed E-state index contributed by atoms with van der Waals surface area (Å²) in [4.78, 5) is 35.7. The first-order chi connectivity index (χ1) is 14.2. The molecular formula is C21H26ClF2N3O3. The maximum Gasteiger partial charge on any atom is 0.318 e. The number of imide groups is 1. The summed E-state index contributed by atoms with van der Waals surface area (Å²) in [6.45, 7) is 1.72. The summed E-state index contributed by atoms with van der Waals surface area (Å²) in [7, 11) is 0. The molecule has 2 saturated carbocycles. The average molecular weight is 442 g/mol. The first kappa shape index (κ1) is 22.5. The van der Waals surface area contributed by atoms with Crippen molar-refractivity contribution in [1.29, 1.82) is 0 Å². The summed E-state index contributed by atoms with van der Waals surface area (Å²) >= 11 is 5.91. The number of hydrogen-bond donors (Lipinski definition) is 3. The molecule has 5 unspecified atom stereocenters. The van der Waals surface area contributed by atoms with Crippen LogP contribution in [-0.4, -0.2) is 17.8 Å². The molecule has 1 aromatic rings. The van der Waals surface area contributed by atoms with Crippen molar-refractivity contribution in [3.63, 3.8) is 0 Å². The molecule has 0 aromatic heterocycles. The van der Waals surface area contributed by atoms with Crippen LogP contribution in [0.4, 0.5) is 13.6 Å². The van der Waals surface area contributed by atoms with E-state index in [9.17, 15) is 23.2 Å². The Hall–Kier alpha value is -2.22. The van der Waals surface area contributed by atoms with Crippen LogP contribution >= 0.6 is 11.6 Å². The molecule has 2 fully saturated rings. The van der Waals surface area contributed by atoms with E-state index in [1.807, 2.05) is 5.32 Å². The lowest BCUT2D eigenvalue weighted by Crippen LogP contribution is -2.42. The minimum absolute atomic E-state index is 0.105. The van der Waals surface area contributed by atoms with Gasteiger partial charge in [0.1, 0.15) is 11.6 Å². The lowest BCUT2D eigenvalue weighted by atomic mass is 9.79. The van der Waals surface area contributed by atoms with E-state index < -0.39 is 41.4 Å². The van der Waals surface area contributed by atoms with Gasteiger partial charge in [0.25, 0.3) is 0 Å². The largest absolute Gasteiger partial charge is 0.351 e. The Morgan fingerprint density at radius 1 is 1.23 bits per heavy atom. The van der Waals surface area contributed by atoms with Gasteiger partial charge in [0.2, 0.25) is 11.8 Å². The van der Waals surface area contributed by atoms with E-state index in [1.54, 1.807) is 6.92 Å². The zero-order chi connectivity index (χ0) is 22.0. The number of carbonyl (C=O) groups is 3. The highest BCUT2D eigenvalue weighted by molar-refractivity contribution is 6.30. The number of nitrogens with one attached hydrogen (secondary N) is 2. The molecule has 4 amide bonds. The van der Waals surface area contributed by atoms with E-state index in [1.165, 1.54) is 0 Å². The van der Waals surface area contributed by atoms with Gasteiger partial charge in [-0.1, -0.05) is 24.9 Å². The van der Waals surface area contributed by atoms with E-state index in [4.69, 9.17) is 17.3 Å². The highest BCUT2D eigenvalue weighted by atomic mass is 35.5. The number of carbonyl (C=O) groups excluding carboxylic acids is 3. The summed E-state index contributed by atoms with van der Waals surface area (Å²) in [5.41, 5.74) is 4.71. The molecule has 0 saturated heterocycles. The first-order valence-corrected chi connectivity index (χ1v) is 10.6. The fraction of sp³-hybridized carbons (Fsp3) is 0.571. The molecule has 0 aliphatic heterocycles. The standard InChI is InChI=1S/C21H26ClF2N3O3/c1-2-11(9-16(28)26-21(25)30)20(29)27-19(13-8-10-3-4-12(13)7-10)17-15(23)6-5-14(22)18(17)24/h5-6,10-13,19H,2-4,7-9H2,1H3,(H,27,29)(H3,25,26,28,30). The molecule has 0 spiro atoms. The van der Waals surface area contributed by atoms with E-state index >= 15 is 0 Å². The molecule has 5 atom stereocenters. The Kier molecular flexibility index (Phi) is 6.95. The molecule has 0 radical (unpaired) electrons. The summed E-state index contributed by atoms with van der Waals surface area (Å²) in [5, 5.41) is 4.53. The van der Waals surface area contributed by atoms with Gasteiger partial charge in [-0.15, -0.1) is 0 Å². The molecule has 3 rings (SSSR count). The second-order valence-corrected chi connectivity index (χ2v) is 8.71. The minimum Gasteiger partial charge on any atom is -0.351 e. The van der Waals surface area contributed by atoms with Gasteiger partial charge in [-0.05, 0) is 55.6 Å². The number of primary amides is 1. The van der Waals surface area contributed by atoms with Crippen molar-refractivity contribution in [1.82, 2.24) is 10.6 Å². The Balaban J connectivity index is 1.86. The van der Waals surface area contributed by atoms with Gasteiger partial charge in [0, 0.05) is 17.9 Å². The molecule has 9 heteroatoms. The van der Waals surface area contributed by atoms with Crippen molar-refractivity contribution in [2.24, 2.45) is 29.4 Å². The van der Waals surface area contributed by atoms with Crippen molar-refractivity contribution in [3.05, 3.63) is 34.4 Å². The Morgan fingerprint density at radius 2 is 1.97 bits per heavy atom. The van der Waals surface area contributed by atoms with Crippen molar-refractivity contribution < 1.29 is 23.2 Å². The first-order valence-electron chi connectivity index (χ1n) is 10.2. The maximum atomic E-state index is 14.9. The number of amides is 4. The van der Waals surface area contributed by atoms with Crippen molar-refractivity contribution >= 4 is 29.4 Å². The smallest absolute Gasteiger partial charge is 0.318 e. The van der Waals surface area contributed by atoms with Crippen LogP contribution in [0.2, 0.25) is 5.02 Å². The fourth-order valence-electron chi connectivity index (χ4n) is 5.03. The van der Waals surface area contributed by atoms with Crippen LogP contribution in [0.3, 0.4) is 0 Å². The van der Waals surface area contributed by atoms with Gasteiger partial charge in [-0.3, -0.25) is 14.9 Å². The van der Waals surface area contributed by atoms with Gasteiger partial charge >= 0.3 is 6.03 Å². The van der Waals surface area contributed by atoms with Crippen LogP contribution < -0.4 is 16.4 Å². The topological polar surface area (TPSA) is 101 Å². The van der Waals surface area contributed by atoms with Gasteiger partial charge in [0.15, 0.2) is 0 Å². The van der Waals surface area contributed by atoms with Crippen molar-refractivity contribution in [3.8, 4) is 0 Å². The number of rotatable bonds is 7. The van der Waals surface area contributed by atoms with E-state index in [0.29, 0.717) is 12.3 Å². The summed E-state index contributed by atoms with van der Waals surface area (Å²) in [6, 6.07) is 0.376. The van der Waals surface area contributed by atoms with E-state index in [2.05, 4.69) is 5.32 Å². The molecule has 2 aliphatic carbocycles. The zero-order valence-corrected chi connectivity index (χ0v) is 17.5. The monoisotopic (exact) mass is 441 g/mol. The van der Waals surface area contributed by atoms with Gasteiger partial charge in [-0.2, -0.15) is 0 Å². The second kappa shape index (κ2) is 9.29. The van der Waals surface area contributed by atoms with Gasteiger partial charge in [0.05, 0.1) is 11.1 Å². The Labute approximate surface area is 178 Å².